The summed E-state index contributed by atoms with van der Waals surface area (Å²) in [7, 11) is -4.11. The summed E-state index contributed by atoms with van der Waals surface area (Å²) in [5, 5.41) is 21.4. The van der Waals surface area contributed by atoms with Gasteiger partial charge in [-0.1, -0.05) is 12.1 Å². The maximum atomic E-state index is 13.4. The number of benzene rings is 2. The molecule has 1 aliphatic rings. The lowest BCUT2D eigenvalue weighted by Crippen LogP contribution is -2.33. The minimum absolute atomic E-state index is 0.125. The standard InChI is InChI=1S/C24H29IN2O7S/c1-14-16-10-12-26(35(32,33)19-9-7-6-8-18(19)27(30)31)13-11-17(16)15(2)21(25)20(14)22(23(28)29)34-24(3,4)5/h6-9,22H,10-13H2,1-5H3,(H,28,29). The van der Waals surface area contributed by atoms with Crippen molar-refractivity contribution in [2.75, 3.05) is 13.1 Å². The average molecular weight is 616 g/mol. The molecular formula is C24H29IN2O7S. The smallest absolute Gasteiger partial charge is 0.337 e. The number of nitro groups is 1. The molecule has 1 heterocycles. The normalized spacial score (nSPS) is 15.8. The van der Waals surface area contributed by atoms with E-state index in [9.17, 15) is 28.4 Å². The third-order valence-corrected chi connectivity index (χ3v) is 9.44. The fourth-order valence-corrected chi connectivity index (χ4v) is 7.09. The van der Waals surface area contributed by atoms with Crippen molar-refractivity contribution in [3.05, 3.63) is 65.8 Å². The fourth-order valence-electron chi connectivity index (χ4n) is 4.48. The topological polar surface area (TPSA) is 127 Å². The number of para-hydroxylation sites is 1. The number of sulfonamides is 1. The zero-order valence-electron chi connectivity index (χ0n) is 20.3. The molecule has 0 saturated carbocycles. The van der Waals surface area contributed by atoms with E-state index < -0.39 is 38.3 Å². The highest BCUT2D eigenvalue weighted by Gasteiger charge is 2.36. The fraction of sp³-hybridized carbons (Fsp3) is 0.458. The van der Waals surface area contributed by atoms with Gasteiger partial charge < -0.3 is 9.84 Å². The van der Waals surface area contributed by atoms with Crippen LogP contribution in [0.15, 0.2) is 29.2 Å². The Morgan fingerprint density at radius 3 is 2.20 bits per heavy atom. The quantitative estimate of drug-likeness (QED) is 0.287. The van der Waals surface area contributed by atoms with Crippen molar-refractivity contribution in [3.8, 4) is 0 Å². The number of halogens is 1. The van der Waals surface area contributed by atoms with Crippen LogP contribution in [0.2, 0.25) is 0 Å². The van der Waals surface area contributed by atoms with E-state index in [1.807, 2.05) is 13.8 Å². The molecule has 11 heteroatoms. The minimum atomic E-state index is -4.11. The molecule has 9 nitrogen and oxygen atoms in total. The molecule has 190 valence electrons. The van der Waals surface area contributed by atoms with Gasteiger partial charge >= 0.3 is 5.97 Å². The second kappa shape index (κ2) is 10.1. The lowest BCUT2D eigenvalue weighted by atomic mass is 9.88. The number of nitrogens with zero attached hydrogens (tertiary/aromatic N) is 2. The third kappa shape index (κ3) is 5.52. The Bertz CT molecular complexity index is 1290. The summed E-state index contributed by atoms with van der Waals surface area (Å²) >= 11 is 2.14. The van der Waals surface area contributed by atoms with Gasteiger partial charge in [-0.3, -0.25) is 10.1 Å². The van der Waals surface area contributed by atoms with E-state index in [1.165, 1.54) is 28.6 Å². The summed E-state index contributed by atoms with van der Waals surface area (Å²) < 4.78 is 34.8. The SMILES string of the molecule is Cc1c(I)c(C(OC(C)(C)C)C(=O)O)c(C)c2c1CCN(S(=O)(=O)c1ccccc1[N+](=O)[O-])CC2. The Labute approximate surface area is 218 Å². The van der Waals surface area contributed by atoms with Crippen LogP contribution in [0, 0.1) is 27.5 Å². The van der Waals surface area contributed by atoms with Gasteiger partial charge in [-0.2, -0.15) is 4.31 Å². The maximum Gasteiger partial charge on any atom is 0.337 e. The molecule has 0 saturated heterocycles. The highest BCUT2D eigenvalue weighted by molar-refractivity contribution is 14.1. The Hall–Kier alpha value is -2.09. The Morgan fingerprint density at radius 1 is 1.14 bits per heavy atom. The monoisotopic (exact) mass is 616 g/mol. The molecule has 1 atom stereocenters. The van der Waals surface area contributed by atoms with Gasteiger partial charge in [0, 0.05) is 28.3 Å². The van der Waals surface area contributed by atoms with E-state index in [0.29, 0.717) is 18.4 Å². The highest BCUT2D eigenvalue weighted by atomic mass is 127. The number of hydrogen-bond donors (Lipinski definition) is 1. The second-order valence-electron chi connectivity index (χ2n) is 9.51. The molecule has 0 fully saturated rings. The van der Waals surface area contributed by atoms with Crippen molar-refractivity contribution in [1.29, 1.82) is 0 Å². The lowest BCUT2D eigenvalue weighted by molar-refractivity contribution is -0.387. The Morgan fingerprint density at radius 2 is 1.69 bits per heavy atom. The van der Waals surface area contributed by atoms with E-state index in [1.54, 1.807) is 20.8 Å². The number of nitro benzene ring substituents is 1. The van der Waals surface area contributed by atoms with E-state index in [4.69, 9.17) is 4.74 Å². The summed E-state index contributed by atoms with van der Waals surface area (Å²) in [6.07, 6.45) is -0.398. The number of rotatable bonds is 6. The van der Waals surface area contributed by atoms with Crippen molar-refractivity contribution in [2.45, 2.75) is 64.1 Å². The van der Waals surface area contributed by atoms with Gasteiger partial charge in [-0.25, -0.2) is 13.2 Å². The van der Waals surface area contributed by atoms with Crippen LogP contribution >= 0.6 is 22.6 Å². The summed E-state index contributed by atoms with van der Waals surface area (Å²) in [6, 6.07) is 5.34. The first-order valence-electron chi connectivity index (χ1n) is 11.1. The minimum Gasteiger partial charge on any atom is -0.479 e. The maximum absolute atomic E-state index is 13.4. The summed E-state index contributed by atoms with van der Waals surface area (Å²) in [5.41, 5.74) is 3.00. The molecule has 0 aromatic heterocycles. The molecule has 3 rings (SSSR count). The molecule has 0 bridgehead atoms. The molecule has 1 N–H and O–H groups in total. The van der Waals surface area contributed by atoms with Gasteiger partial charge in [0.05, 0.1) is 10.5 Å². The van der Waals surface area contributed by atoms with Crippen LogP contribution in [0.3, 0.4) is 0 Å². The molecule has 35 heavy (non-hydrogen) atoms. The van der Waals surface area contributed by atoms with E-state index in [0.717, 1.165) is 25.8 Å². The van der Waals surface area contributed by atoms with E-state index in [-0.39, 0.29) is 18.0 Å². The molecule has 0 radical (unpaired) electrons. The molecule has 1 unspecified atom stereocenters. The predicted octanol–water partition coefficient (Wildman–Crippen LogP) is 4.55. The third-order valence-electron chi connectivity index (χ3n) is 6.10. The van der Waals surface area contributed by atoms with Crippen LogP contribution in [-0.2, 0) is 32.4 Å². The molecule has 1 aliphatic heterocycles. The molecular weight excluding hydrogens is 587 g/mol. The van der Waals surface area contributed by atoms with Gasteiger partial charge in [0.15, 0.2) is 11.0 Å². The van der Waals surface area contributed by atoms with Crippen molar-refractivity contribution >= 4 is 44.3 Å². The van der Waals surface area contributed by atoms with Gasteiger partial charge in [-0.05, 0) is 98.4 Å². The zero-order chi connectivity index (χ0) is 26.3. The molecule has 0 amide bonds. The summed E-state index contributed by atoms with van der Waals surface area (Å²) in [4.78, 5) is 22.6. The highest BCUT2D eigenvalue weighted by Crippen LogP contribution is 2.38. The first-order chi connectivity index (χ1) is 16.2. The van der Waals surface area contributed by atoms with Crippen LogP contribution in [0.1, 0.15) is 54.7 Å². The first-order valence-corrected chi connectivity index (χ1v) is 13.6. The number of ether oxygens (including phenoxy) is 1. The number of fused-ring (bicyclic) bond motifs is 1. The van der Waals surface area contributed by atoms with Crippen molar-refractivity contribution < 1.29 is 28.0 Å². The average Bonchev–Trinajstić information content (AvgIpc) is 3.00. The summed E-state index contributed by atoms with van der Waals surface area (Å²) in [5.74, 6) is -1.09. The predicted molar refractivity (Wildman–Crippen MR) is 139 cm³/mol. The van der Waals surface area contributed by atoms with Gasteiger partial charge in [0.25, 0.3) is 5.69 Å². The summed E-state index contributed by atoms with van der Waals surface area (Å²) in [6.45, 7) is 9.44. The van der Waals surface area contributed by atoms with Gasteiger partial charge in [0.1, 0.15) is 0 Å². The van der Waals surface area contributed by atoms with Gasteiger partial charge in [0.2, 0.25) is 10.0 Å². The first kappa shape index (κ1) is 27.5. The molecule has 2 aromatic carbocycles. The molecule has 0 aliphatic carbocycles. The number of hydrogen-bond acceptors (Lipinski definition) is 6. The van der Waals surface area contributed by atoms with Gasteiger partial charge in [-0.15, -0.1) is 0 Å². The molecule has 2 aromatic rings. The van der Waals surface area contributed by atoms with Crippen LogP contribution in [0.5, 0.6) is 0 Å². The number of carboxylic acid groups (broad SMARTS) is 1. The van der Waals surface area contributed by atoms with E-state index in [2.05, 4.69) is 22.6 Å². The Balaban J connectivity index is 2.06. The molecule has 0 spiro atoms. The second-order valence-corrected chi connectivity index (χ2v) is 12.5. The largest absolute Gasteiger partial charge is 0.479 e. The van der Waals surface area contributed by atoms with E-state index >= 15 is 0 Å². The Kier molecular flexibility index (Phi) is 7.94. The van der Waals surface area contributed by atoms with Crippen LogP contribution < -0.4 is 0 Å². The van der Waals surface area contributed by atoms with Crippen LogP contribution in [0.4, 0.5) is 5.69 Å². The van der Waals surface area contributed by atoms with Crippen LogP contribution in [-0.4, -0.2) is 47.4 Å². The van der Waals surface area contributed by atoms with Crippen molar-refractivity contribution in [3.63, 3.8) is 0 Å². The lowest BCUT2D eigenvalue weighted by Gasteiger charge is -2.29. The van der Waals surface area contributed by atoms with Crippen LogP contribution in [0.25, 0.3) is 0 Å². The van der Waals surface area contributed by atoms with Crippen molar-refractivity contribution in [2.24, 2.45) is 0 Å². The number of aliphatic carboxylic acids is 1. The number of carboxylic acids is 1. The zero-order valence-corrected chi connectivity index (χ0v) is 23.3. The van der Waals surface area contributed by atoms with Crippen molar-refractivity contribution in [1.82, 2.24) is 4.31 Å². The number of carbonyl (C=O) groups is 1.